The van der Waals surface area contributed by atoms with E-state index < -0.39 is 6.04 Å². The highest BCUT2D eigenvalue weighted by molar-refractivity contribution is 8.14. The van der Waals surface area contributed by atoms with Crippen molar-refractivity contribution in [1.29, 1.82) is 0 Å². The van der Waals surface area contributed by atoms with E-state index in [-0.39, 0.29) is 17.6 Å². The number of thioether (sulfide) groups is 1. The Balaban J connectivity index is 1.50. The van der Waals surface area contributed by atoms with E-state index in [9.17, 15) is 9.59 Å². The number of ether oxygens (including phenoxy) is 1. The molecule has 2 aliphatic rings. The van der Waals surface area contributed by atoms with Gasteiger partial charge in [-0.25, -0.2) is 9.89 Å². The maximum absolute atomic E-state index is 12.6. The minimum Gasteiger partial charge on any atom is -0.495 e. The monoisotopic (exact) mass is 428 g/mol. The van der Waals surface area contributed by atoms with Crippen LogP contribution in [0.1, 0.15) is 12.5 Å². The lowest BCUT2D eigenvalue weighted by Crippen LogP contribution is -2.41. The molecular weight excluding hydrogens is 412 g/mol. The number of carbonyl (C=O) groups excluding carboxylic acids is 2. The summed E-state index contributed by atoms with van der Waals surface area (Å²) >= 11 is 7.28. The molecule has 0 saturated heterocycles. The van der Waals surface area contributed by atoms with Crippen LogP contribution < -0.4 is 10.1 Å². The molecule has 2 aromatic rings. The third-order valence-electron chi connectivity index (χ3n) is 4.43. The Hall–Kier alpha value is -2.84. The molecule has 2 aliphatic heterocycles. The predicted octanol–water partition coefficient (Wildman–Crippen LogP) is 3.70. The standard InChI is InChI=1S/C20H17ClN4O3S/c1-11-19(27)25-18(22-11)13-5-3-4-6-15(13)24-20(25)29-10-17(26)23-12-7-8-16(28-2)14(21)9-12/h3-9,11H,10H2,1-2H3,(H,23,26). The molecule has 0 aromatic heterocycles. The Morgan fingerprint density at radius 2 is 2.10 bits per heavy atom. The minimum absolute atomic E-state index is 0.0795. The molecule has 0 spiro atoms. The van der Waals surface area contributed by atoms with E-state index in [2.05, 4.69) is 15.3 Å². The van der Waals surface area contributed by atoms with Crippen molar-refractivity contribution in [3.63, 3.8) is 0 Å². The fraction of sp³-hybridized carbons (Fsp3) is 0.200. The van der Waals surface area contributed by atoms with Crippen LogP contribution >= 0.6 is 23.4 Å². The number of rotatable bonds is 4. The third kappa shape index (κ3) is 3.73. The van der Waals surface area contributed by atoms with Gasteiger partial charge in [-0.1, -0.05) is 35.5 Å². The van der Waals surface area contributed by atoms with E-state index in [1.54, 1.807) is 25.1 Å². The summed E-state index contributed by atoms with van der Waals surface area (Å²) in [7, 11) is 1.53. The van der Waals surface area contributed by atoms with E-state index in [0.717, 1.165) is 11.3 Å². The van der Waals surface area contributed by atoms with Crippen LogP contribution in [-0.4, -0.2) is 46.6 Å². The Morgan fingerprint density at radius 1 is 1.31 bits per heavy atom. The second-order valence-electron chi connectivity index (χ2n) is 6.40. The van der Waals surface area contributed by atoms with Gasteiger partial charge in [0.2, 0.25) is 5.91 Å². The number of hydrogen-bond donors (Lipinski definition) is 1. The molecule has 0 aliphatic carbocycles. The summed E-state index contributed by atoms with van der Waals surface area (Å²) in [4.78, 5) is 35.5. The zero-order valence-electron chi connectivity index (χ0n) is 15.7. The molecule has 29 heavy (non-hydrogen) atoms. The van der Waals surface area contributed by atoms with Crippen molar-refractivity contribution in [2.75, 3.05) is 18.2 Å². The number of carbonyl (C=O) groups is 2. The van der Waals surface area contributed by atoms with Crippen LogP contribution in [0.5, 0.6) is 5.75 Å². The number of amidine groups is 2. The topological polar surface area (TPSA) is 83.4 Å². The number of halogens is 1. The maximum atomic E-state index is 12.6. The number of amides is 2. The van der Waals surface area contributed by atoms with Crippen LogP contribution in [0.2, 0.25) is 5.02 Å². The molecule has 9 heteroatoms. The fourth-order valence-electron chi connectivity index (χ4n) is 3.04. The van der Waals surface area contributed by atoms with Gasteiger partial charge >= 0.3 is 0 Å². The Kier molecular flexibility index (Phi) is 5.29. The van der Waals surface area contributed by atoms with Gasteiger partial charge in [0.1, 0.15) is 17.6 Å². The first kappa shape index (κ1) is 19.5. The molecule has 2 heterocycles. The SMILES string of the molecule is COc1ccc(NC(=O)CSC2=Nc3ccccc3C3=NC(C)C(=O)N23)cc1Cl. The highest BCUT2D eigenvalue weighted by Crippen LogP contribution is 2.33. The summed E-state index contributed by atoms with van der Waals surface area (Å²) < 4.78 is 5.11. The first-order chi connectivity index (χ1) is 14.0. The minimum atomic E-state index is -0.475. The zero-order valence-corrected chi connectivity index (χ0v) is 17.3. The highest BCUT2D eigenvalue weighted by atomic mass is 35.5. The second-order valence-corrected chi connectivity index (χ2v) is 7.75. The summed E-state index contributed by atoms with van der Waals surface area (Å²) in [5, 5.41) is 3.63. The van der Waals surface area contributed by atoms with Gasteiger partial charge in [0, 0.05) is 11.3 Å². The average molecular weight is 429 g/mol. The summed E-state index contributed by atoms with van der Waals surface area (Å²) in [5.74, 6) is 0.801. The number of anilines is 1. The van der Waals surface area contributed by atoms with Crippen molar-refractivity contribution in [3.8, 4) is 5.75 Å². The molecule has 0 fully saturated rings. The van der Waals surface area contributed by atoms with E-state index in [1.165, 1.54) is 23.8 Å². The lowest BCUT2D eigenvalue weighted by Gasteiger charge is -2.25. The van der Waals surface area contributed by atoms with Gasteiger partial charge in [-0.3, -0.25) is 14.6 Å². The van der Waals surface area contributed by atoms with Gasteiger partial charge in [-0.2, -0.15) is 0 Å². The number of hydrogen-bond acceptors (Lipinski definition) is 6. The van der Waals surface area contributed by atoms with Crippen molar-refractivity contribution in [3.05, 3.63) is 53.1 Å². The summed E-state index contributed by atoms with van der Waals surface area (Å²) in [6.45, 7) is 1.75. The van der Waals surface area contributed by atoms with Gasteiger partial charge in [-0.05, 0) is 37.3 Å². The Bertz CT molecular complexity index is 1070. The summed E-state index contributed by atoms with van der Waals surface area (Å²) in [6.07, 6.45) is 0. The van der Waals surface area contributed by atoms with Crippen LogP contribution in [0, 0.1) is 0 Å². The Morgan fingerprint density at radius 3 is 2.86 bits per heavy atom. The molecular formula is C20H17ClN4O3S. The van der Waals surface area contributed by atoms with Crippen LogP contribution in [0.3, 0.4) is 0 Å². The van der Waals surface area contributed by atoms with E-state index >= 15 is 0 Å². The molecule has 0 radical (unpaired) electrons. The number of fused-ring (bicyclic) bond motifs is 3. The van der Waals surface area contributed by atoms with E-state index in [0.29, 0.717) is 27.5 Å². The second kappa shape index (κ2) is 7.88. The number of nitrogens with one attached hydrogen (secondary N) is 1. The smallest absolute Gasteiger partial charge is 0.258 e. The van der Waals surface area contributed by atoms with Crippen molar-refractivity contribution < 1.29 is 14.3 Å². The molecule has 1 atom stereocenters. The molecule has 2 aromatic carbocycles. The number of methoxy groups -OCH3 is 1. The number of aliphatic imine (C=N–C) groups is 2. The third-order valence-corrected chi connectivity index (χ3v) is 5.66. The van der Waals surface area contributed by atoms with Gasteiger partial charge in [-0.15, -0.1) is 0 Å². The molecule has 4 rings (SSSR count). The molecule has 1 N–H and O–H groups in total. The van der Waals surface area contributed by atoms with Gasteiger partial charge in [0.25, 0.3) is 5.91 Å². The van der Waals surface area contributed by atoms with Crippen LogP contribution in [0.15, 0.2) is 52.4 Å². The van der Waals surface area contributed by atoms with Crippen LogP contribution in [-0.2, 0) is 9.59 Å². The molecule has 1 unspecified atom stereocenters. The first-order valence-electron chi connectivity index (χ1n) is 8.84. The number of benzene rings is 2. The van der Waals surface area contributed by atoms with E-state index in [1.807, 2.05) is 24.3 Å². The number of nitrogens with zero attached hydrogens (tertiary/aromatic N) is 3. The maximum Gasteiger partial charge on any atom is 0.258 e. The quantitative estimate of drug-likeness (QED) is 0.804. The normalized spacial score (nSPS) is 17.3. The average Bonchev–Trinajstić information content (AvgIpc) is 3.01. The predicted molar refractivity (Wildman–Crippen MR) is 115 cm³/mol. The lowest BCUT2D eigenvalue weighted by atomic mass is 10.1. The van der Waals surface area contributed by atoms with Crippen molar-refractivity contribution in [2.24, 2.45) is 9.98 Å². The van der Waals surface area contributed by atoms with Crippen LogP contribution in [0.4, 0.5) is 11.4 Å². The largest absolute Gasteiger partial charge is 0.495 e. The number of para-hydroxylation sites is 1. The molecule has 2 amide bonds. The molecule has 7 nitrogen and oxygen atoms in total. The summed E-state index contributed by atoms with van der Waals surface area (Å²) in [5.41, 5.74) is 2.10. The fourth-order valence-corrected chi connectivity index (χ4v) is 4.10. The molecule has 0 bridgehead atoms. The first-order valence-corrected chi connectivity index (χ1v) is 10.2. The van der Waals surface area contributed by atoms with Crippen molar-refractivity contribution in [1.82, 2.24) is 4.90 Å². The molecule has 148 valence electrons. The van der Waals surface area contributed by atoms with Crippen molar-refractivity contribution >= 4 is 57.6 Å². The van der Waals surface area contributed by atoms with Gasteiger partial charge < -0.3 is 10.1 Å². The summed E-state index contributed by atoms with van der Waals surface area (Å²) in [6, 6.07) is 12.0. The lowest BCUT2D eigenvalue weighted by molar-refractivity contribution is -0.124. The van der Waals surface area contributed by atoms with Crippen LogP contribution in [0.25, 0.3) is 0 Å². The highest BCUT2D eigenvalue weighted by Gasteiger charge is 2.39. The van der Waals surface area contributed by atoms with Gasteiger partial charge in [0.15, 0.2) is 5.17 Å². The van der Waals surface area contributed by atoms with E-state index in [4.69, 9.17) is 16.3 Å². The van der Waals surface area contributed by atoms with Crippen molar-refractivity contribution in [2.45, 2.75) is 13.0 Å². The Labute approximate surface area is 176 Å². The van der Waals surface area contributed by atoms with Gasteiger partial charge in [0.05, 0.1) is 23.6 Å². The zero-order chi connectivity index (χ0) is 20.5. The molecule has 0 saturated carbocycles.